The smallest absolute Gasteiger partial charge is 0.237 e. The van der Waals surface area contributed by atoms with Crippen molar-refractivity contribution in [1.29, 1.82) is 0 Å². The molecule has 0 N–H and O–H groups in total. The fraction of sp³-hybridized carbons (Fsp3) is 0.0455. The fourth-order valence-electron chi connectivity index (χ4n) is 3.05. The maximum absolute atomic E-state index is 5.84. The van der Waals surface area contributed by atoms with E-state index in [1.807, 2.05) is 54.6 Å². The first-order valence-electron chi connectivity index (χ1n) is 9.26. The molecule has 2 aromatic carbocycles. The van der Waals surface area contributed by atoms with Crippen LogP contribution in [0.3, 0.4) is 0 Å². The molecule has 0 radical (unpaired) electrons. The molecule has 30 heavy (non-hydrogen) atoms. The van der Waals surface area contributed by atoms with Gasteiger partial charge in [0.2, 0.25) is 5.88 Å². The molecule has 0 aliphatic rings. The molecular formula is C22H15BrN6O. The number of aromatic nitrogens is 6. The van der Waals surface area contributed by atoms with E-state index in [1.54, 1.807) is 23.0 Å². The quantitative estimate of drug-likeness (QED) is 0.378. The zero-order valence-electron chi connectivity index (χ0n) is 15.7. The minimum Gasteiger partial charge on any atom is -0.438 e. The first-order chi connectivity index (χ1) is 14.7. The summed E-state index contributed by atoms with van der Waals surface area (Å²) in [6.45, 7) is 0. The average molecular weight is 459 g/mol. The standard InChI is InChI=1S/C22H15BrN6O/c23-17-13-24-22(25-14-17)16-6-4-5-15(11-16)12-20-27-26-19-9-10-21(28-29(19)20)30-18-7-2-1-3-8-18/h1-11,13-14H,12H2. The van der Waals surface area contributed by atoms with E-state index in [9.17, 15) is 0 Å². The molecule has 3 aromatic heterocycles. The molecule has 8 heteroatoms. The van der Waals surface area contributed by atoms with Gasteiger partial charge in [-0.15, -0.1) is 15.3 Å². The fourth-order valence-corrected chi connectivity index (χ4v) is 3.26. The van der Waals surface area contributed by atoms with Crippen LogP contribution in [-0.4, -0.2) is 29.8 Å². The second-order valence-corrected chi connectivity index (χ2v) is 7.49. The largest absolute Gasteiger partial charge is 0.438 e. The summed E-state index contributed by atoms with van der Waals surface area (Å²) in [6, 6.07) is 21.2. The molecule has 0 aliphatic heterocycles. The third kappa shape index (κ3) is 3.90. The summed E-state index contributed by atoms with van der Waals surface area (Å²) in [4.78, 5) is 8.74. The van der Waals surface area contributed by atoms with Crippen LogP contribution in [0, 0.1) is 0 Å². The van der Waals surface area contributed by atoms with Crippen LogP contribution in [0.25, 0.3) is 17.0 Å². The van der Waals surface area contributed by atoms with Crippen molar-refractivity contribution in [3.63, 3.8) is 0 Å². The van der Waals surface area contributed by atoms with Gasteiger partial charge in [-0.2, -0.15) is 4.52 Å². The lowest BCUT2D eigenvalue weighted by Crippen LogP contribution is -2.02. The summed E-state index contributed by atoms with van der Waals surface area (Å²) in [5.41, 5.74) is 2.66. The topological polar surface area (TPSA) is 78.1 Å². The zero-order chi connectivity index (χ0) is 20.3. The molecule has 0 amide bonds. The molecule has 0 fully saturated rings. The van der Waals surface area contributed by atoms with Crippen LogP contribution in [0.4, 0.5) is 0 Å². The SMILES string of the molecule is Brc1cnc(-c2cccc(Cc3nnc4ccc(Oc5ccccc5)nn34)c2)nc1. The minimum absolute atomic E-state index is 0.478. The van der Waals surface area contributed by atoms with Crippen LogP contribution in [-0.2, 0) is 6.42 Å². The lowest BCUT2D eigenvalue weighted by molar-refractivity contribution is 0.451. The molecule has 0 atom stereocenters. The van der Waals surface area contributed by atoms with E-state index < -0.39 is 0 Å². The highest BCUT2D eigenvalue weighted by atomic mass is 79.9. The highest BCUT2D eigenvalue weighted by Crippen LogP contribution is 2.21. The Morgan fingerprint density at radius 3 is 2.53 bits per heavy atom. The summed E-state index contributed by atoms with van der Waals surface area (Å²) >= 11 is 3.36. The van der Waals surface area contributed by atoms with Gasteiger partial charge in [0.1, 0.15) is 5.75 Å². The van der Waals surface area contributed by atoms with Crippen LogP contribution in [0.1, 0.15) is 11.4 Å². The molecule has 7 nitrogen and oxygen atoms in total. The van der Waals surface area contributed by atoms with Gasteiger partial charge in [-0.05, 0) is 45.8 Å². The Kier molecular flexibility index (Phi) is 4.90. The van der Waals surface area contributed by atoms with Crippen molar-refractivity contribution < 1.29 is 4.74 Å². The number of hydrogen-bond donors (Lipinski definition) is 0. The van der Waals surface area contributed by atoms with Crippen LogP contribution in [0.15, 0.2) is 83.6 Å². The van der Waals surface area contributed by atoms with Crippen molar-refractivity contribution in [3.8, 4) is 23.0 Å². The summed E-state index contributed by atoms with van der Waals surface area (Å²) < 4.78 is 8.39. The molecule has 0 spiro atoms. The Hall–Kier alpha value is -3.65. The van der Waals surface area contributed by atoms with Gasteiger partial charge in [0.05, 0.1) is 4.47 Å². The van der Waals surface area contributed by atoms with Gasteiger partial charge in [-0.25, -0.2) is 9.97 Å². The van der Waals surface area contributed by atoms with Crippen LogP contribution in [0.5, 0.6) is 11.6 Å². The number of benzene rings is 2. The lowest BCUT2D eigenvalue weighted by atomic mass is 10.1. The van der Waals surface area contributed by atoms with Gasteiger partial charge in [0.15, 0.2) is 17.3 Å². The number of rotatable bonds is 5. The molecule has 0 unspecified atom stereocenters. The molecule has 0 saturated carbocycles. The van der Waals surface area contributed by atoms with Crippen molar-refractivity contribution in [2.75, 3.05) is 0 Å². The second kappa shape index (κ2) is 8.00. The van der Waals surface area contributed by atoms with Gasteiger partial charge in [0.25, 0.3) is 0 Å². The number of hydrogen-bond acceptors (Lipinski definition) is 6. The maximum atomic E-state index is 5.84. The molecule has 5 aromatic rings. The maximum Gasteiger partial charge on any atom is 0.237 e. The Morgan fingerprint density at radius 1 is 0.867 bits per heavy atom. The summed E-state index contributed by atoms with van der Waals surface area (Å²) in [5.74, 6) is 2.59. The Labute approximate surface area is 180 Å². The molecular weight excluding hydrogens is 444 g/mol. The third-order valence-electron chi connectivity index (χ3n) is 4.44. The zero-order valence-corrected chi connectivity index (χ0v) is 17.3. The first kappa shape index (κ1) is 18.4. The number of para-hydroxylation sites is 1. The highest BCUT2D eigenvalue weighted by Gasteiger charge is 2.11. The Bertz CT molecular complexity index is 1300. The van der Waals surface area contributed by atoms with E-state index in [1.165, 1.54) is 0 Å². The lowest BCUT2D eigenvalue weighted by Gasteiger charge is -2.06. The molecule has 5 rings (SSSR count). The monoisotopic (exact) mass is 458 g/mol. The van der Waals surface area contributed by atoms with Crippen LogP contribution >= 0.6 is 15.9 Å². The van der Waals surface area contributed by atoms with Crippen molar-refractivity contribution >= 4 is 21.6 Å². The van der Waals surface area contributed by atoms with E-state index >= 15 is 0 Å². The first-order valence-corrected chi connectivity index (χ1v) is 10.0. The van der Waals surface area contributed by atoms with E-state index in [4.69, 9.17) is 4.74 Å². The Balaban J connectivity index is 1.43. The number of nitrogens with zero attached hydrogens (tertiary/aromatic N) is 6. The van der Waals surface area contributed by atoms with E-state index in [0.29, 0.717) is 23.8 Å². The summed E-state index contributed by atoms with van der Waals surface area (Å²) in [6.07, 6.45) is 4.03. The summed E-state index contributed by atoms with van der Waals surface area (Å²) in [5, 5.41) is 13.1. The number of halogens is 1. The van der Waals surface area contributed by atoms with E-state index in [-0.39, 0.29) is 0 Å². The third-order valence-corrected chi connectivity index (χ3v) is 4.85. The van der Waals surface area contributed by atoms with Crippen LogP contribution in [0.2, 0.25) is 0 Å². The molecule has 0 bridgehead atoms. The number of fused-ring (bicyclic) bond motifs is 1. The predicted molar refractivity (Wildman–Crippen MR) is 115 cm³/mol. The van der Waals surface area contributed by atoms with Gasteiger partial charge < -0.3 is 4.74 Å². The number of ether oxygens (including phenoxy) is 1. The van der Waals surface area contributed by atoms with Crippen molar-refractivity contribution in [2.24, 2.45) is 0 Å². The van der Waals surface area contributed by atoms with Crippen LogP contribution < -0.4 is 4.74 Å². The highest BCUT2D eigenvalue weighted by molar-refractivity contribution is 9.10. The van der Waals surface area contributed by atoms with Crippen molar-refractivity contribution in [1.82, 2.24) is 29.8 Å². The van der Waals surface area contributed by atoms with Gasteiger partial charge >= 0.3 is 0 Å². The molecule has 0 saturated heterocycles. The molecule has 0 aliphatic carbocycles. The Morgan fingerprint density at radius 2 is 1.70 bits per heavy atom. The average Bonchev–Trinajstić information content (AvgIpc) is 3.17. The summed E-state index contributed by atoms with van der Waals surface area (Å²) in [7, 11) is 0. The van der Waals surface area contributed by atoms with E-state index in [2.05, 4.69) is 47.3 Å². The normalized spacial score (nSPS) is 11.0. The van der Waals surface area contributed by atoms with Gasteiger partial charge in [-0.3, -0.25) is 0 Å². The predicted octanol–water partition coefficient (Wildman–Crippen LogP) is 4.73. The van der Waals surface area contributed by atoms with Gasteiger partial charge in [-0.1, -0.05) is 36.4 Å². The molecule has 146 valence electrons. The van der Waals surface area contributed by atoms with Crippen molar-refractivity contribution in [3.05, 3.63) is 95.0 Å². The van der Waals surface area contributed by atoms with E-state index in [0.717, 1.165) is 27.2 Å². The second-order valence-electron chi connectivity index (χ2n) is 6.57. The minimum atomic E-state index is 0.478. The van der Waals surface area contributed by atoms with Gasteiger partial charge in [0, 0.05) is 30.4 Å². The van der Waals surface area contributed by atoms with Crippen molar-refractivity contribution in [2.45, 2.75) is 6.42 Å². The molecule has 3 heterocycles.